The van der Waals surface area contributed by atoms with E-state index in [9.17, 15) is 9.59 Å². The van der Waals surface area contributed by atoms with Crippen molar-refractivity contribution in [3.05, 3.63) is 11.8 Å². The Morgan fingerprint density at radius 3 is 2.60 bits per heavy atom. The number of nitriles is 1. The number of carbonyl (C=O) groups is 2. The molecule has 2 aliphatic rings. The minimum Gasteiger partial charge on any atom is -0.274 e. The van der Waals surface area contributed by atoms with Gasteiger partial charge >= 0.3 is 0 Å². The van der Waals surface area contributed by atoms with Crippen LogP contribution in [0.3, 0.4) is 0 Å². The fraction of sp³-hybridized carbons (Fsp3) is 0.571. The Labute approximate surface area is 116 Å². The summed E-state index contributed by atoms with van der Waals surface area (Å²) in [7, 11) is 0. The van der Waals surface area contributed by atoms with E-state index in [1.807, 2.05) is 6.07 Å². The summed E-state index contributed by atoms with van der Waals surface area (Å²) < 4.78 is 0. The summed E-state index contributed by atoms with van der Waals surface area (Å²) in [4.78, 5) is 26.2. The highest BCUT2D eigenvalue weighted by atomic mass is 16.2. The van der Waals surface area contributed by atoms with Gasteiger partial charge in [-0.2, -0.15) is 10.4 Å². The average Bonchev–Trinajstić information content (AvgIpc) is 2.88. The molecule has 1 saturated heterocycles. The number of nitrogens with zero attached hydrogens (tertiary/aromatic N) is 3. The van der Waals surface area contributed by atoms with E-state index in [0.717, 1.165) is 43.4 Å². The predicted octanol–water partition coefficient (Wildman–Crippen LogP) is 1.89. The molecule has 1 N–H and O–H groups in total. The molecule has 0 radical (unpaired) electrons. The first-order valence-corrected chi connectivity index (χ1v) is 6.99. The lowest BCUT2D eigenvalue weighted by atomic mass is 9.79. The number of carbonyl (C=O) groups excluding carboxylic acids is 2. The van der Waals surface area contributed by atoms with Gasteiger partial charge in [-0.3, -0.25) is 14.7 Å². The first kappa shape index (κ1) is 12.9. The van der Waals surface area contributed by atoms with Crippen LogP contribution in [0.2, 0.25) is 0 Å². The van der Waals surface area contributed by atoms with E-state index >= 15 is 0 Å². The summed E-state index contributed by atoms with van der Waals surface area (Å²) in [5, 5.41) is 15.4. The summed E-state index contributed by atoms with van der Waals surface area (Å²) >= 11 is 0. The van der Waals surface area contributed by atoms with E-state index in [0.29, 0.717) is 0 Å². The zero-order chi connectivity index (χ0) is 14.2. The number of imide groups is 1. The SMILES string of the molecule is N#Cc1cn[nH]c1N1C(=O)CC2(CCCCCC2)C1=O. The molecule has 1 aliphatic heterocycles. The van der Waals surface area contributed by atoms with Crippen molar-refractivity contribution >= 4 is 17.6 Å². The van der Waals surface area contributed by atoms with Crippen LogP contribution >= 0.6 is 0 Å². The van der Waals surface area contributed by atoms with Crippen LogP contribution in [0.1, 0.15) is 50.5 Å². The van der Waals surface area contributed by atoms with Gasteiger partial charge in [0.1, 0.15) is 11.6 Å². The molecule has 2 heterocycles. The summed E-state index contributed by atoms with van der Waals surface area (Å²) in [5.74, 6) is -0.161. The third-order valence-electron chi connectivity index (χ3n) is 4.42. The number of amides is 2. The van der Waals surface area contributed by atoms with Gasteiger partial charge in [0.15, 0.2) is 5.82 Å². The largest absolute Gasteiger partial charge is 0.274 e. The second-order valence-corrected chi connectivity index (χ2v) is 5.65. The molecule has 104 valence electrons. The zero-order valence-corrected chi connectivity index (χ0v) is 11.2. The van der Waals surface area contributed by atoms with Crippen LogP contribution in [0.5, 0.6) is 0 Å². The summed E-state index contributed by atoms with van der Waals surface area (Å²) in [6, 6.07) is 1.96. The van der Waals surface area contributed by atoms with Gasteiger partial charge in [0, 0.05) is 6.42 Å². The molecular formula is C14H16N4O2. The van der Waals surface area contributed by atoms with Crippen molar-refractivity contribution in [2.45, 2.75) is 44.9 Å². The van der Waals surface area contributed by atoms with E-state index in [1.165, 1.54) is 6.20 Å². The van der Waals surface area contributed by atoms with Gasteiger partial charge in [-0.1, -0.05) is 25.7 Å². The van der Waals surface area contributed by atoms with Crippen molar-refractivity contribution < 1.29 is 9.59 Å². The molecule has 3 rings (SSSR count). The third-order valence-corrected chi connectivity index (χ3v) is 4.42. The van der Waals surface area contributed by atoms with Gasteiger partial charge in [-0.15, -0.1) is 0 Å². The Morgan fingerprint density at radius 2 is 1.95 bits per heavy atom. The van der Waals surface area contributed by atoms with Gasteiger partial charge in [0.05, 0.1) is 11.6 Å². The number of nitrogens with one attached hydrogen (secondary N) is 1. The normalized spacial score (nSPS) is 22.1. The highest BCUT2D eigenvalue weighted by molar-refractivity contribution is 6.22. The predicted molar refractivity (Wildman–Crippen MR) is 70.5 cm³/mol. The summed E-state index contributed by atoms with van der Waals surface area (Å²) in [5.41, 5.74) is -0.317. The van der Waals surface area contributed by atoms with Gasteiger partial charge in [-0.05, 0) is 12.8 Å². The highest BCUT2D eigenvalue weighted by Gasteiger charge is 2.52. The van der Waals surface area contributed by atoms with Crippen LogP contribution in [0.15, 0.2) is 6.20 Å². The molecule has 1 aromatic rings. The van der Waals surface area contributed by atoms with Crippen LogP contribution in [-0.4, -0.2) is 22.0 Å². The van der Waals surface area contributed by atoms with Crippen molar-refractivity contribution in [3.8, 4) is 6.07 Å². The molecule has 0 bridgehead atoms. The number of aromatic amines is 1. The first-order chi connectivity index (χ1) is 9.68. The molecule has 6 nitrogen and oxygen atoms in total. The Bertz CT molecular complexity index is 591. The second kappa shape index (κ2) is 4.75. The molecule has 1 aromatic heterocycles. The lowest BCUT2D eigenvalue weighted by Crippen LogP contribution is -2.36. The van der Waals surface area contributed by atoms with Gasteiger partial charge in [-0.25, -0.2) is 4.90 Å². The zero-order valence-electron chi connectivity index (χ0n) is 11.2. The molecule has 0 aromatic carbocycles. The fourth-order valence-electron chi connectivity index (χ4n) is 3.35. The van der Waals surface area contributed by atoms with Crippen LogP contribution in [0, 0.1) is 16.7 Å². The molecule has 1 aliphatic carbocycles. The van der Waals surface area contributed by atoms with Crippen LogP contribution in [0.25, 0.3) is 0 Å². The summed E-state index contributed by atoms with van der Waals surface area (Å²) in [6.07, 6.45) is 7.35. The lowest BCUT2D eigenvalue weighted by Gasteiger charge is -2.24. The van der Waals surface area contributed by atoms with Gasteiger partial charge in [0.25, 0.3) is 0 Å². The second-order valence-electron chi connectivity index (χ2n) is 5.65. The minimum absolute atomic E-state index is 0.162. The Balaban J connectivity index is 1.97. The van der Waals surface area contributed by atoms with E-state index in [1.54, 1.807) is 0 Å². The first-order valence-electron chi connectivity index (χ1n) is 6.99. The number of anilines is 1. The molecule has 1 saturated carbocycles. The average molecular weight is 272 g/mol. The Hall–Kier alpha value is -2.16. The number of H-pyrrole nitrogens is 1. The highest BCUT2D eigenvalue weighted by Crippen LogP contribution is 2.45. The number of hydrogen-bond acceptors (Lipinski definition) is 4. The molecular weight excluding hydrogens is 256 g/mol. The summed E-state index contributed by atoms with van der Waals surface area (Å²) in [6.45, 7) is 0. The molecule has 20 heavy (non-hydrogen) atoms. The number of rotatable bonds is 1. The Morgan fingerprint density at radius 1 is 1.25 bits per heavy atom. The monoisotopic (exact) mass is 272 g/mol. The smallest absolute Gasteiger partial charge is 0.241 e. The number of aromatic nitrogens is 2. The maximum Gasteiger partial charge on any atom is 0.241 e. The number of hydrogen-bond donors (Lipinski definition) is 1. The van der Waals surface area contributed by atoms with Crippen LogP contribution in [-0.2, 0) is 9.59 Å². The third kappa shape index (κ3) is 1.82. The van der Waals surface area contributed by atoms with E-state index in [2.05, 4.69) is 10.2 Å². The minimum atomic E-state index is -0.550. The maximum atomic E-state index is 12.8. The Kier molecular flexibility index (Phi) is 3.05. The van der Waals surface area contributed by atoms with Crippen molar-refractivity contribution in [1.29, 1.82) is 5.26 Å². The molecule has 6 heteroatoms. The van der Waals surface area contributed by atoms with Crippen molar-refractivity contribution in [1.82, 2.24) is 10.2 Å². The van der Waals surface area contributed by atoms with E-state index in [-0.39, 0.29) is 29.6 Å². The van der Waals surface area contributed by atoms with E-state index in [4.69, 9.17) is 5.26 Å². The fourth-order valence-corrected chi connectivity index (χ4v) is 3.35. The quantitative estimate of drug-likeness (QED) is 0.790. The lowest BCUT2D eigenvalue weighted by molar-refractivity contribution is -0.126. The molecule has 0 unspecified atom stereocenters. The van der Waals surface area contributed by atoms with E-state index < -0.39 is 5.41 Å². The molecule has 0 atom stereocenters. The molecule has 2 fully saturated rings. The van der Waals surface area contributed by atoms with Crippen molar-refractivity contribution in [2.24, 2.45) is 5.41 Å². The van der Waals surface area contributed by atoms with Gasteiger partial charge < -0.3 is 0 Å². The molecule has 1 spiro atoms. The standard InChI is InChI=1S/C14H16N4O2/c15-8-10-9-16-17-12(10)18-11(19)7-14(13(18)20)5-3-1-2-4-6-14/h9H,1-7H2,(H,16,17). The topological polar surface area (TPSA) is 89.8 Å². The molecule has 2 amide bonds. The maximum absolute atomic E-state index is 12.8. The van der Waals surface area contributed by atoms with Gasteiger partial charge in [0.2, 0.25) is 11.8 Å². The van der Waals surface area contributed by atoms with Crippen LogP contribution in [0.4, 0.5) is 5.82 Å². The van der Waals surface area contributed by atoms with Crippen molar-refractivity contribution in [3.63, 3.8) is 0 Å². The van der Waals surface area contributed by atoms with Crippen LogP contribution < -0.4 is 4.90 Å². The van der Waals surface area contributed by atoms with Crippen molar-refractivity contribution in [2.75, 3.05) is 4.90 Å².